The van der Waals surface area contributed by atoms with E-state index in [9.17, 15) is 24.5 Å². The average Bonchev–Trinajstić information content (AvgIpc) is 3.24. The van der Waals surface area contributed by atoms with Gasteiger partial charge < -0.3 is 9.67 Å². The Bertz CT molecular complexity index is 1670. The standard InChI is InChI=1S/C27H18N4O6S/c32-24-22(25(33)30(27(38)28-24)19-11-7-17(8-12-19)26(34)35)13-18-15-29(23-4-2-1-3-21(18)23)14-16-5-9-20(10-6-16)31(36)37/h1-13,15H,14H2,(H,34,35)(H,28,32,38)/b22-13+. The quantitative estimate of drug-likeness (QED) is 0.127. The molecule has 0 aliphatic carbocycles. The van der Waals surface area contributed by atoms with Crippen LogP contribution in [0.1, 0.15) is 21.5 Å². The Hall–Kier alpha value is -5.16. The highest BCUT2D eigenvalue weighted by atomic mass is 32.1. The zero-order valence-corrected chi connectivity index (χ0v) is 20.3. The molecule has 2 amide bonds. The third-order valence-corrected chi connectivity index (χ3v) is 6.38. The largest absolute Gasteiger partial charge is 0.478 e. The fourth-order valence-electron chi connectivity index (χ4n) is 4.24. The van der Waals surface area contributed by atoms with Gasteiger partial charge in [0.2, 0.25) is 0 Å². The fraction of sp³-hybridized carbons (Fsp3) is 0.0370. The molecule has 38 heavy (non-hydrogen) atoms. The fourth-order valence-corrected chi connectivity index (χ4v) is 4.52. The second kappa shape index (κ2) is 9.71. The number of aromatic carboxylic acids is 1. The van der Waals surface area contributed by atoms with Crippen molar-refractivity contribution in [3.05, 3.63) is 111 Å². The van der Waals surface area contributed by atoms with Crippen molar-refractivity contribution in [1.82, 2.24) is 9.88 Å². The number of carboxylic acids is 1. The number of nitrogens with one attached hydrogen (secondary N) is 1. The van der Waals surface area contributed by atoms with E-state index < -0.39 is 22.7 Å². The van der Waals surface area contributed by atoms with Gasteiger partial charge >= 0.3 is 5.97 Å². The van der Waals surface area contributed by atoms with Crippen LogP contribution in [0.15, 0.2) is 84.6 Å². The maximum absolute atomic E-state index is 13.4. The molecule has 1 aliphatic heterocycles. The number of benzene rings is 3. The first kappa shape index (κ1) is 24.5. The molecule has 5 rings (SSSR count). The van der Waals surface area contributed by atoms with E-state index in [0.717, 1.165) is 21.4 Å². The average molecular weight is 527 g/mol. The number of anilines is 1. The summed E-state index contributed by atoms with van der Waals surface area (Å²) in [6, 6.07) is 19.3. The van der Waals surface area contributed by atoms with Gasteiger partial charge in [-0.25, -0.2) is 4.79 Å². The summed E-state index contributed by atoms with van der Waals surface area (Å²) in [7, 11) is 0. The first-order valence-electron chi connectivity index (χ1n) is 11.3. The van der Waals surface area contributed by atoms with Crippen molar-refractivity contribution < 1.29 is 24.4 Å². The molecule has 1 fully saturated rings. The van der Waals surface area contributed by atoms with Gasteiger partial charge in [-0.05, 0) is 54.2 Å². The summed E-state index contributed by atoms with van der Waals surface area (Å²) in [5, 5.41) is 23.3. The Morgan fingerprint density at radius 2 is 1.71 bits per heavy atom. The Balaban J connectivity index is 1.51. The smallest absolute Gasteiger partial charge is 0.335 e. The van der Waals surface area contributed by atoms with Crippen LogP contribution >= 0.6 is 12.2 Å². The van der Waals surface area contributed by atoms with Crippen LogP contribution in [0.25, 0.3) is 17.0 Å². The molecule has 0 radical (unpaired) electrons. The molecule has 0 bridgehead atoms. The summed E-state index contributed by atoms with van der Waals surface area (Å²) in [5.41, 5.74) is 2.52. The first-order chi connectivity index (χ1) is 18.2. The maximum atomic E-state index is 13.4. The Labute approximate surface area is 220 Å². The first-order valence-corrected chi connectivity index (χ1v) is 11.7. The van der Waals surface area contributed by atoms with E-state index in [1.54, 1.807) is 18.3 Å². The van der Waals surface area contributed by atoms with Gasteiger partial charge in [-0.15, -0.1) is 0 Å². The van der Waals surface area contributed by atoms with E-state index in [1.807, 2.05) is 28.8 Å². The molecule has 2 N–H and O–H groups in total. The molecule has 11 heteroatoms. The lowest BCUT2D eigenvalue weighted by Crippen LogP contribution is -2.54. The van der Waals surface area contributed by atoms with Gasteiger partial charge in [0, 0.05) is 41.3 Å². The van der Waals surface area contributed by atoms with Gasteiger partial charge in [-0.1, -0.05) is 30.3 Å². The minimum Gasteiger partial charge on any atom is -0.478 e. The number of nitro benzene ring substituents is 1. The van der Waals surface area contributed by atoms with E-state index in [0.29, 0.717) is 17.8 Å². The van der Waals surface area contributed by atoms with Crippen molar-refractivity contribution >= 4 is 63.5 Å². The van der Waals surface area contributed by atoms with Crippen LogP contribution in [0.3, 0.4) is 0 Å². The Kier molecular flexibility index (Phi) is 6.27. The number of carbonyl (C=O) groups is 3. The molecule has 188 valence electrons. The highest BCUT2D eigenvalue weighted by Crippen LogP contribution is 2.28. The Morgan fingerprint density at radius 3 is 2.37 bits per heavy atom. The maximum Gasteiger partial charge on any atom is 0.335 e. The van der Waals surface area contributed by atoms with Crippen molar-refractivity contribution in [2.45, 2.75) is 6.54 Å². The van der Waals surface area contributed by atoms with Crippen LogP contribution in [-0.2, 0) is 16.1 Å². The van der Waals surface area contributed by atoms with Crippen LogP contribution in [-0.4, -0.2) is 37.5 Å². The molecule has 0 spiro atoms. The van der Waals surface area contributed by atoms with E-state index in [1.165, 1.54) is 42.5 Å². The predicted molar refractivity (Wildman–Crippen MR) is 144 cm³/mol. The van der Waals surface area contributed by atoms with Gasteiger partial charge in [-0.2, -0.15) is 0 Å². The van der Waals surface area contributed by atoms with Gasteiger partial charge in [0.05, 0.1) is 16.2 Å². The molecule has 3 aromatic carbocycles. The summed E-state index contributed by atoms with van der Waals surface area (Å²) < 4.78 is 1.93. The third kappa shape index (κ3) is 4.53. The zero-order chi connectivity index (χ0) is 27.0. The second-order valence-electron chi connectivity index (χ2n) is 8.46. The number of para-hydroxylation sites is 1. The number of aromatic nitrogens is 1. The summed E-state index contributed by atoms with van der Waals surface area (Å²) >= 11 is 5.23. The molecule has 0 unspecified atom stereocenters. The van der Waals surface area contributed by atoms with Crippen molar-refractivity contribution in [3.63, 3.8) is 0 Å². The number of nitro groups is 1. The topological polar surface area (TPSA) is 135 Å². The van der Waals surface area contributed by atoms with Crippen molar-refractivity contribution in [2.24, 2.45) is 0 Å². The molecule has 1 saturated heterocycles. The molecule has 0 atom stereocenters. The lowest BCUT2D eigenvalue weighted by molar-refractivity contribution is -0.384. The third-order valence-electron chi connectivity index (χ3n) is 6.09. The number of carbonyl (C=O) groups excluding carboxylic acids is 2. The number of amides is 2. The minimum atomic E-state index is -1.11. The van der Waals surface area contributed by atoms with Crippen LogP contribution in [0.5, 0.6) is 0 Å². The highest BCUT2D eigenvalue weighted by Gasteiger charge is 2.34. The second-order valence-corrected chi connectivity index (χ2v) is 8.85. The molecule has 1 aromatic heterocycles. The lowest BCUT2D eigenvalue weighted by atomic mass is 10.1. The molecule has 10 nitrogen and oxygen atoms in total. The molecular weight excluding hydrogens is 508 g/mol. The number of thiocarbonyl (C=S) groups is 1. The number of fused-ring (bicyclic) bond motifs is 1. The summed E-state index contributed by atoms with van der Waals surface area (Å²) in [6.45, 7) is 0.411. The summed E-state index contributed by atoms with van der Waals surface area (Å²) in [5.74, 6) is -2.40. The molecular formula is C27H18N4O6S. The molecule has 4 aromatic rings. The number of rotatable bonds is 6. The van der Waals surface area contributed by atoms with E-state index in [4.69, 9.17) is 17.3 Å². The van der Waals surface area contributed by atoms with Gasteiger partial charge in [0.1, 0.15) is 5.57 Å². The van der Waals surface area contributed by atoms with Crippen LogP contribution in [0.2, 0.25) is 0 Å². The van der Waals surface area contributed by atoms with E-state index >= 15 is 0 Å². The number of nitrogens with zero attached hydrogens (tertiary/aromatic N) is 3. The molecule has 1 aliphatic rings. The van der Waals surface area contributed by atoms with Crippen molar-refractivity contribution in [1.29, 1.82) is 0 Å². The van der Waals surface area contributed by atoms with Gasteiger partial charge in [-0.3, -0.25) is 29.9 Å². The monoisotopic (exact) mass is 526 g/mol. The van der Waals surface area contributed by atoms with Crippen LogP contribution in [0, 0.1) is 10.1 Å². The van der Waals surface area contributed by atoms with Gasteiger partial charge in [0.15, 0.2) is 5.11 Å². The highest BCUT2D eigenvalue weighted by molar-refractivity contribution is 7.80. The predicted octanol–water partition coefficient (Wildman–Crippen LogP) is 4.13. The summed E-state index contributed by atoms with van der Waals surface area (Å²) in [4.78, 5) is 49.1. The van der Waals surface area contributed by atoms with Crippen molar-refractivity contribution in [2.75, 3.05) is 4.90 Å². The summed E-state index contributed by atoms with van der Waals surface area (Å²) in [6.07, 6.45) is 3.30. The number of hydrogen-bond acceptors (Lipinski definition) is 6. The number of non-ortho nitro benzene ring substituents is 1. The number of carboxylic acid groups (broad SMARTS) is 1. The lowest BCUT2D eigenvalue weighted by Gasteiger charge is -2.28. The van der Waals surface area contributed by atoms with Crippen molar-refractivity contribution in [3.8, 4) is 0 Å². The minimum absolute atomic E-state index is 0.00145. The van der Waals surface area contributed by atoms with E-state index in [-0.39, 0.29) is 21.9 Å². The number of hydrogen-bond donors (Lipinski definition) is 2. The zero-order valence-electron chi connectivity index (χ0n) is 19.5. The Morgan fingerprint density at radius 1 is 1.03 bits per heavy atom. The van der Waals surface area contributed by atoms with Gasteiger partial charge in [0.25, 0.3) is 17.5 Å². The SMILES string of the molecule is O=C1NC(=S)N(c2ccc(C(=O)O)cc2)C(=O)/C1=C/c1cn(Cc2ccc([N+](=O)[O-])cc2)c2ccccc12. The van der Waals surface area contributed by atoms with E-state index in [2.05, 4.69) is 5.32 Å². The molecule has 2 heterocycles. The van der Waals surface area contributed by atoms with Crippen LogP contribution < -0.4 is 10.2 Å². The molecule has 0 saturated carbocycles. The van der Waals surface area contributed by atoms with Crippen LogP contribution in [0.4, 0.5) is 11.4 Å². The normalized spacial score (nSPS) is 14.7.